The van der Waals surface area contributed by atoms with Crippen molar-refractivity contribution >= 4 is 40.4 Å². The first-order valence-corrected chi connectivity index (χ1v) is 14.0. The Morgan fingerprint density at radius 1 is 0.949 bits per heavy atom. The van der Waals surface area contributed by atoms with Gasteiger partial charge < -0.3 is 24.4 Å². The van der Waals surface area contributed by atoms with Gasteiger partial charge >= 0.3 is 0 Å². The minimum atomic E-state index is -0.256. The van der Waals surface area contributed by atoms with Gasteiger partial charge in [0, 0.05) is 41.0 Å². The number of rotatable bonds is 8. The number of nitrogens with zero attached hydrogens (tertiary/aromatic N) is 4. The van der Waals surface area contributed by atoms with Crippen molar-refractivity contribution in [2.24, 2.45) is 0 Å². The van der Waals surface area contributed by atoms with E-state index in [9.17, 15) is 9.59 Å². The lowest BCUT2D eigenvalue weighted by molar-refractivity contribution is 0.0708. The van der Waals surface area contributed by atoms with Gasteiger partial charge in [0.1, 0.15) is 11.4 Å². The molecule has 2 amide bonds. The Morgan fingerprint density at radius 2 is 1.69 bits per heavy atom. The number of benzene rings is 2. The molecule has 0 spiro atoms. The van der Waals surface area contributed by atoms with Crippen molar-refractivity contribution in [2.45, 2.75) is 18.8 Å². The summed E-state index contributed by atoms with van der Waals surface area (Å²) < 4.78 is 20.1. The van der Waals surface area contributed by atoms with Crippen molar-refractivity contribution in [3.8, 4) is 28.5 Å². The molecule has 1 saturated heterocycles. The highest BCUT2D eigenvalue weighted by Crippen LogP contribution is 2.41. The molecular weight excluding hydrogens is 538 g/mol. The maximum absolute atomic E-state index is 13.3. The molecule has 0 saturated carbocycles. The van der Waals surface area contributed by atoms with Gasteiger partial charge in [-0.15, -0.1) is 16.4 Å². The Bertz CT molecular complexity index is 1450. The Balaban J connectivity index is 1.19. The number of nitrogens with one attached hydrogen (secondary N) is 1. The molecule has 1 N–H and O–H groups in total. The van der Waals surface area contributed by atoms with Crippen molar-refractivity contribution in [1.29, 1.82) is 0 Å². The monoisotopic (exact) mass is 565 g/mol. The largest absolute Gasteiger partial charge is 0.493 e. The number of anilines is 1. The maximum Gasteiger partial charge on any atom is 0.275 e. The van der Waals surface area contributed by atoms with Gasteiger partial charge in [0.05, 0.1) is 31.9 Å². The number of aromatic nitrogens is 3. The number of hydrogen-bond donors (Lipinski definition) is 1. The van der Waals surface area contributed by atoms with Crippen molar-refractivity contribution < 1.29 is 23.8 Å². The zero-order chi connectivity index (χ0) is 27.4. The van der Waals surface area contributed by atoms with Gasteiger partial charge in [-0.05, 0) is 48.6 Å². The Morgan fingerprint density at radius 3 is 2.33 bits per heavy atom. The molecule has 202 valence electrons. The van der Waals surface area contributed by atoms with Crippen molar-refractivity contribution in [3.63, 3.8) is 0 Å². The number of piperidine rings is 1. The van der Waals surface area contributed by atoms with E-state index in [1.807, 2.05) is 34.5 Å². The number of likely N-dealkylation sites (tertiary alicyclic amines) is 1. The van der Waals surface area contributed by atoms with Crippen LogP contribution in [0.3, 0.4) is 0 Å². The molecule has 2 aromatic carbocycles. The Labute approximate surface area is 233 Å². The number of amides is 2. The quantitative estimate of drug-likeness (QED) is 0.319. The predicted molar refractivity (Wildman–Crippen MR) is 149 cm³/mol. The fraction of sp³-hybridized carbons (Fsp3) is 0.296. The van der Waals surface area contributed by atoms with Crippen LogP contribution >= 0.6 is 22.9 Å². The molecule has 1 fully saturated rings. The fourth-order valence-corrected chi connectivity index (χ4v) is 6.00. The summed E-state index contributed by atoms with van der Waals surface area (Å²) in [5, 5.41) is 11.5. The summed E-state index contributed by atoms with van der Waals surface area (Å²) in [6.07, 6.45) is 1.51. The highest BCUT2D eigenvalue weighted by Gasteiger charge is 2.30. The molecule has 1 aliphatic rings. The molecule has 5 rings (SSSR count). The molecule has 12 heteroatoms. The summed E-state index contributed by atoms with van der Waals surface area (Å²) in [6, 6.07) is 10.9. The topological polar surface area (TPSA) is 116 Å². The van der Waals surface area contributed by atoms with Gasteiger partial charge in [0.15, 0.2) is 11.5 Å². The summed E-state index contributed by atoms with van der Waals surface area (Å²) in [6.45, 7) is 1.14. The number of methoxy groups -OCH3 is 3. The molecule has 0 unspecified atom stereocenters. The highest BCUT2D eigenvalue weighted by atomic mass is 32.1. The molecule has 0 atom stereocenters. The van der Waals surface area contributed by atoms with Crippen LogP contribution in [0.4, 0.5) is 5.69 Å². The number of carbonyl (C=O) groups excluding carboxylic acids is 2. The number of carbonyl (C=O) groups is 2. The van der Waals surface area contributed by atoms with Gasteiger partial charge in [-0.2, -0.15) is 0 Å². The smallest absolute Gasteiger partial charge is 0.275 e. The second-order valence-corrected chi connectivity index (χ2v) is 10.3. The second-order valence-electron chi connectivity index (χ2n) is 8.84. The van der Waals surface area contributed by atoms with Crippen LogP contribution in [-0.2, 0) is 0 Å². The van der Waals surface area contributed by atoms with Gasteiger partial charge in [-0.25, -0.2) is 4.98 Å². The SMILES string of the molecule is COc1ccc(C(=O)N2CCC(c3nc(C(=O)Nc4ccc(-c5csnn5)cc4)cs3)CC2)c(OC)c1OC. The van der Waals surface area contributed by atoms with Gasteiger partial charge in [-0.1, -0.05) is 16.6 Å². The molecule has 2 aromatic heterocycles. The van der Waals surface area contributed by atoms with Crippen LogP contribution < -0.4 is 19.5 Å². The second kappa shape index (κ2) is 11.8. The molecule has 0 bridgehead atoms. The summed E-state index contributed by atoms with van der Waals surface area (Å²) in [5.74, 6) is 1.05. The normalized spacial score (nSPS) is 13.7. The first-order valence-electron chi connectivity index (χ1n) is 12.2. The molecule has 4 aromatic rings. The van der Waals surface area contributed by atoms with Crippen LogP contribution in [0.25, 0.3) is 11.3 Å². The maximum atomic E-state index is 13.3. The van der Waals surface area contributed by atoms with Crippen molar-refractivity contribution in [2.75, 3.05) is 39.7 Å². The molecule has 39 heavy (non-hydrogen) atoms. The summed E-state index contributed by atoms with van der Waals surface area (Å²) in [4.78, 5) is 32.6. The lowest BCUT2D eigenvalue weighted by Crippen LogP contribution is -2.38. The van der Waals surface area contributed by atoms with Gasteiger partial charge in [-0.3, -0.25) is 9.59 Å². The lowest BCUT2D eigenvalue weighted by atomic mass is 9.97. The first kappa shape index (κ1) is 26.6. The van der Waals surface area contributed by atoms with Crippen molar-refractivity contribution in [1.82, 2.24) is 19.5 Å². The zero-order valence-electron chi connectivity index (χ0n) is 21.7. The van der Waals surface area contributed by atoms with E-state index in [-0.39, 0.29) is 17.7 Å². The first-order chi connectivity index (χ1) is 19.0. The van der Waals surface area contributed by atoms with Crippen LogP contribution in [0.1, 0.15) is 44.6 Å². The van der Waals surface area contributed by atoms with E-state index in [2.05, 4.69) is 19.9 Å². The zero-order valence-corrected chi connectivity index (χ0v) is 23.3. The Kier molecular flexibility index (Phi) is 8.03. The number of hydrogen-bond acceptors (Lipinski definition) is 10. The average molecular weight is 566 g/mol. The third-order valence-corrected chi connectivity index (χ3v) is 8.13. The van der Waals surface area contributed by atoms with Gasteiger partial charge in [0.2, 0.25) is 5.75 Å². The third kappa shape index (κ3) is 5.57. The minimum Gasteiger partial charge on any atom is -0.493 e. The third-order valence-electron chi connectivity index (χ3n) is 6.62. The van der Waals surface area contributed by atoms with Crippen LogP contribution in [0.15, 0.2) is 47.2 Å². The van der Waals surface area contributed by atoms with Crippen LogP contribution in [0, 0.1) is 0 Å². The predicted octanol–water partition coefficient (Wildman–Crippen LogP) is 4.96. The van der Waals surface area contributed by atoms with Crippen molar-refractivity contribution in [3.05, 3.63) is 63.4 Å². The number of thiazole rings is 1. The van der Waals surface area contributed by atoms with E-state index in [0.717, 1.165) is 29.1 Å². The van der Waals surface area contributed by atoms with Crippen LogP contribution in [0.5, 0.6) is 17.2 Å². The summed E-state index contributed by atoms with van der Waals surface area (Å²) >= 11 is 2.77. The fourth-order valence-electron chi connectivity index (χ4n) is 4.56. The summed E-state index contributed by atoms with van der Waals surface area (Å²) in [7, 11) is 4.56. The standard InChI is InChI=1S/C27H27N5O5S2/c1-35-22-9-8-19(23(36-2)24(22)37-3)27(34)32-12-10-17(11-13-32)26-29-21(14-38-26)25(33)28-18-6-4-16(5-7-18)20-15-39-31-30-20/h4-9,14-15,17H,10-13H2,1-3H3,(H,28,33). The van der Waals surface area contributed by atoms with E-state index in [1.165, 1.54) is 44.2 Å². The van der Waals surface area contributed by atoms with E-state index in [1.54, 1.807) is 17.5 Å². The van der Waals surface area contributed by atoms with Crippen LogP contribution in [-0.4, -0.2) is 65.7 Å². The minimum absolute atomic E-state index is 0.123. The lowest BCUT2D eigenvalue weighted by Gasteiger charge is -2.31. The van der Waals surface area contributed by atoms with E-state index in [0.29, 0.717) is 47.3 Å². The van der Waals surface area contributed by atoms with E-state index in [4.69, 9.17) is 14.2 Å². The van der Waals surface area contributed by atoms with E-state index >= 15 is 0 Å². The average Bonchev–Trinajstić information content (AvgIpc) is 3.70. The molecule has 3 heterocycles. The van der Waals surface area contributed by atoms with Gasteiger partial charge in [0.25, 0.3) is 11.8 Å². The van der Waals surface area contributed by atoms with Crippen LogP contribution in [0.2, 0.25) is 0 Å². The molecular formula is C27H27N5O5S2. The molecule has 10 nitrogen and oxygen atoms in total. The number of ether oxygens (including phenoxy) is 3. The molecule has 1 aliphatic heterocycles. The Hall–Kier alpha value is -4.03. The summed E-state index contributed by atoms with van der Waals surface area (Å²) in [5.41, 5.74) is 3.23. The molecule has 0 aliphatic carbocycles. The highest BCUT2D eigenvalue weighted by molar-refractivity contribution is 7.10. The van der Waals surface area contributed by atoms with E-state index < -0.39 is 0 Å². The molecule has 0 radical (unpaired) electrons.